The van der Waals surface area contributed by atoms with Gasteiger partial charge in [-0.2, -0.15) is 0 Å². The molecule has 0 saturated carbocycles. The molecule has 0 atom stereocenters. The number of hydrogen-bond acceptors (Lipinski definition) is 5. The Balaban J connectivity index is 2.34. The normalized spacial score (nSPS) is 10.8. The Morgan fingerprint density at radius 1 is 1.20 bits per heavy atom. The lowest BCUT2D eigenvalue weighted by molar-refractivity contribution is 0.634. The average Bonchev–Trinajstić information content (AvgIpc) is 2.45. The molecule has 0 saturated heterocycles. The van der Waals surface area contributed by atoms with Gasteiger partial charge in [-0.3, -0.25) is 4.98 Å². The van der Waals surface area contributed by atoms with Gasteiger partial charge in [0.15, 0.2) is 5.82 Å². The lowest BCUT2D eigenvalue weighted by atomic mass is 10.1. The second-order valence-corrected chi connectivity index (χ2v) is 5.18. The topological polar surface area (TPSA) is 63.6 Å². The van der Waals surface area contributed by atoms with Crippen molar-refractivity contribution in [3.63, 3.8) is 0 Å². The third-order valence-corrected chi connectivity index (χ3v) is 2.74. The van der Waals surface area contributed by atoms with Gasteiger partial charge in [-0.25, -0.2) is 15.0 Å². The fraction of sp³-hybridized carbons (Fsp3) is 0.467. The Morgan fingerprint density at radius 3 is 2.70 bits per heavy atom. The lowest BCUT2D eigenvalue weighted by Gasteiger charge is -2.10. The molecule has 20 heavy (non-hydrogen) atoms. The van der Waals surface area contributed by atoms with Crippen molar-refractivity contribution in [1.29, 1.82) is 0 Å². The summed E-state index contributed by atoms with van der Waals surface area (Å²) in [6, 6.07) is 2.02. The maximum absolute atomic E-state index is 4.60. The number of nitrogens with zero attached hydrogens (tertiary/aromatic N) is 4. The minimum absolute atomic E-state index is 0.554. The zero-order valence-corrected chi connectivity index (χ0v) is 12.3. The molecule has 0 fully saturated rings. The Morgan fingerprint density at radius 2 is 2.05 bits per heavy atom. The summed E-state index contributed by atoms with van der Waals surface area (Å²) in [5.74, 6) is 2.05. The maximum atomic E-state index is 4.60. The first-order valence-electron chi connectivity index (χ1n) is 7.07. The van der Waals surface area contributed by atoms with E-state index < -0.39 is 0 Å². The molecule has 0 unspecified atom stereocenters. The molecule has 0 spiro atoms. The molecule has 2 heterocycles. The molecule has 0 aromatic carbocycles. The van der Waals surface area contributed by atoms with Gasteiger partial charge in [0.1, 0.15) is 11.5 Å². The minimum atomic E-state index is 0.554. The number of hydrogen-bond donors (Lipinski definition) is 1. The predicted molar refractivity (Wildman–Crippen MR) is 80.4 cm³/mol. The molecule has 0 aliphatic carbocycles. The summed E-state index contributed by atoms with van der Waals surface area (Å²) >= 11 is 0. The molecule has 0 radical (unpaired) electrons. The Bertz CT molecular complexity index is 539. The van der Waals surface area contributed by atoms with E-state index in [1.807, 2.05) is 6.07 Å². The van der Waals surface area contributed by atoms with Gasteiger partial charge in [0.25, 0.3) is 0 Å². The van der Waals surface area contributed by atoms with Crippen LogP contribution in [0.25, 0.3) is 11.5 Å². The molecule has 5 heteroatoms. The van der Waals surface area contributed by atoms with E-state index in [2.05, 4.69) is 46.0 Å². The highest BCUT2D eigenvalue weighted by molar-refractivity contribution is 5.51. The first-order chi connectivity index (χ1) is 9.69. The van der Waals surface area contributed by atoms with E-state index in [-0.39, 0.29) is 0 Å². The Hall–Kier alpha value is -2.04. The summed E-state index contributed by atoms with van der Waals surface area (Å²) < 4.78 is 0. The summed E-state index contributed by atoms with van der Waals surface area (Å²) in [4.78, 5) is 17.5. The fourth-order valence-electron chi connectivity index (χ4n) is 1.89. The molecule has 2 rings (SSSR count). The van der Waals surface area contributed by atoms with Gasteiger partial charge in [0, 0.05) is 30.7 Å². The number of nitrogens with one attached hydrogen (secondary N) is 1. The highest BCUT2D eigenvalue weighted by atomic mass is 15.0. The fourth-order valence-corrected chi connectivity index (χ4v) is 1.89. The van der Waals surface area contributed by atoms with Crippen LogP contribution in [0.4, 0.5) is 5.82 Å². The van der Waals surface area contributed by atoms with Crippen molar-refractivity contribution < 1.29 is 0 Å². The SMILES string of the molecule is CCCNc1cc(CC(C)C)nc(-c2cnccn2)n1. The van der Waals surface area contributed by atoms with Gasteiger partial charge in [0.05, 0.1) is 6.20 Å². The lowest BCUT2D eigenvalue weighted by Crippen LogP contribution is -2.07. The summed E-state index contributed by atoms with van der Waals surface area (Å²) in [6.45, 7) is 7.40. The monoisotopic (exact) mass is 271 g/mol. The van der Waals surface area contributed by atoms with Crippen LogP contribution in [-0.4, -0.2) is 26.5 Å². The van der Waals surface area contributed by atoms with Crippen LogP contribution >= 0.6 is 0 Å². The van der Waals surface area contributed by atoms with Crippen molar-refractivity contribution in [2.75, 3.05) is 11.9 Å². The second-order valence-electron chi connectivity index (χ2n) is 5.18. The van der Waals surface area contributed by atoms with Crippen molar-refractivity contribution in [1.82, 2.24) is 19.9 Å². The van der Waals surface area contributed by atoms with Crippen LogP contribution in [0.1, 0.15) is 32.9 Å². The number of anilines is 1. The summed E-state index contributed by atoms with van der Waals surface area (Å²) in [7, 11) is 0. The molecule has 0 amide bonds. The van der Waals surface area contributed by atoms with E-state index in [1.54, 1.807) is 18.6 Å². The van der Waals surface area contributed by atoms with Crippen molar-refractivity contribution in [3.8, 4) is 11.5 Å². The molecule has 106 valence electrons. The zero-order valence-electron chi connectivity index (χ0n) is 12.3. The summed E-state index contributed by atoms with van der Waals surface area (Å²) in [5, 5.41) is 3.32. The zero-order chi connectivity index (χ0) is 14.4. The van der Waals surface area contributed by atoms with Crippen LogP contribution in [-0.2, 0) is 6.42 Å². The third kappa shape index (κ3) is 3.98. The Kier molecular flexibility index (Phi) is 4.98. The minimum Gasteiger partial charge on any atom is -0.370 e. The average molecular weight is 271 g/mol. The highest BCUT2D eigenvalue weighted by Gasteiger charge is 2.09. The molecular formula is C15H21N5. The molecule has 1 N–H and O–H groups in total. The largest absolute Gasteiger partial charge is 0.370 e. The molecular weight excluding hydrogens is 250 g/mol. The van der Waals surface area contributed by atoms with E-state index in [4.69, 9.17) is 0 Å². The summed E-state index contributed by atoms with van der Waals surface area (Å²) in [6.07, 6.45) is 6.99. The third-order valence-electron chi connectivity index (χ3n) is 2.74. The van der Waals surface area contributed by atoms with Gasteiger partial charge in [-0.05, 0) is 18.8 Å². The van der Waals surface area contributed by atoms with Crippen LogP contribution in [0.3, 0.4) is 0 Å². The predicted octanol–water partition coefficient (Wildman–Crippen LogP) is 2.95. The van der Waals surface area contributed by atoms with Gasteiger partial charge in [-0.1, -0.05) is 20.8 Å². The van der Waals surface area contributed by atoms with Gasteiger partial charge in [0.2, 0.25) is 0 Å². The standard InChI is InChI=1S/C15H21N5/c1-4-5-18-14-9-12(8-11(2)3)19-15(20-14)13-10-16-6-7-17-13/h6-7,9-11H,4-5,8H2,1-3H3,(H,18,19,20). The molecule has 2 aromatic rings. The van der Waals surface area contributed by atoms with E-state index in [1.165, 1.54) is 0 Å². The Labute approximate surface area is 119 Å². The first kappa shape index (κ1) is 14.4. The van der Waals surface area contributed by atoms with E-state index >= 15 is 0 Å². The van der Waals surface area contributed by atoms with Crippen LogP contribution < -0.4 is 5.32 Å². The smallest absolute Gasteiger partial charge is 0.182 e. The summed E-state index contributed by atoms with van der Waals surface area (Å²) in [5.41, 5.74) is 1.74. The maximum Gasteiger partial charge on any atom is 0.182 e. The van der Waals surface area contributed by atoms with Gasteiger partial charge < -0.3 is 5.32 Å². The van der Waals surface area contributed by atoms with Crippen molar-refractivity contribution in [2.45, 2.75) is 33.6 Å². The van der Waals surface area contributed by atoms with Crippen LogP contribution in [0.5, 0.6) is 0 Å². The molecule has 5 nitrogen and oxygen atoms in total. The second kappa shape index (κ2) is 6.93. The van der Waals surface area contributed by atoms with E-state index in [0.29, 0.717) is 17.4 Å². The molecule has 2 aromatic heterocycles. The molecule has 0 aliphatic rings. The van der Waals surface area contributed by atoms with E-state index in [9.17, 15) is 0 Å². The number of rotatable bonds is 6. The van der Waals surface area contributed by atoms with Crippen molar-refractivity contribution in [2.24, 2.45) is 5.92 Å². The van der Waals surface area contributed by atoms with E-state index in [0.717, 1.165) is 30.9 Å². The first-order valence-corrected chi connectivity index (χ1v) is 7.07. The highest BCUT2D eigenvalue weighted by Crippen LogP contribution is 2.17. The quantitative estimate of drug-likeness (QED) is 0.875. The van der Waals surface area contributed by atoms with Crippen molar-refractivity contribution >= 4 is 5.82 Å². The van der Waals surface area contributed by atoms with Gasteiger partial charge in [-0.15, -0.1) is 0 Å². The number of aromatic nitrogens is 4. The van der Waals surface area contributed by atoms with Gasteiger partial charge >= 0.3 is 0 Å². The molecule has 0 aliphatic heterocycles. The van der Waals surface area contributed by atoms with Crippen molar-refractivity contribution in [3.05, 3.63) is 30.4 Å². The van der Waals surface area contributed by atoms with Crippen LogP contribution in [0.15, 0.2) is 24.7 Å². The van der Waals surface area contributed by atoms with Crippen LogP contribution in [0, 0.1) is 5.92 Å². The van der Waals surface area contributed by atoms with Crippen LogP contribution in [0.2, 0.25) is 0 Å². The molecule has 0 bridgehead atoms.